The Morgan fingerprint density at radius 1 is 0.690 bits per heavy atom. The molecule has 0 radical (unpaired) electrons. The first-order valence-electron chi connectivity index (χ1n) is 11.1. The highest BCUT2D eigenvalue weighted by atomic mass is 79.9. The minimum atomic E-state index is 0.763. The second kappa shape index (κ2) is 15.2. The van der Waals surface area contributed by atoms with Crippen LogP contribution in [0, 0.1) is 0 Å². The highest BCUT2D eigenvalue weighted by Crippen LogP contribution is 2.22. The molecular formula is C25H35BrN2O. The van der Waals surface area contributed by atoms with Gasteiger partial charge in [0.2, 0.25) is 0 Å². The Bertz CT molecular complexity index is 683. The van der Waals surface area contributed by atoms with Gasteiger partial charge >= 0.3 is 0 Å². The molecular weight excluding hydrogens is 424 g/mol. The van der Waals surface area contributed by atoms with Gasteiger partial charge in [-0.15, -0.1) is 0 Å². The lowest BCUT2D eigenvalue weighted by Crippen LogP contribution is -1.96. The average Bonchev–Trinajstić information content (AvgIpc) is 2.76. The Kier molecular flexibility index (Phi) is 12.4. The standard InChI is InChI=1S/C25H35BrN2O/c1-2-3-4-5-6-8-11-22-12-14-23(15-13-22)27-28-24-16-18-25(19-17-24)29-21-10-7-9-20-26/h12-19H,2-11,20-21H2,1H3. The van der Waals surface area contributed by atoms with Crippen molar-refractivity contribution in [1.82, 2.24) is 0 Å². The Morgan fingerprint density at radius 2 is 1.28 bits per heavy atom. The quantitative estimate of drug-likeness (QED) is 0.149. The molecule has 0 heterocycles. The molecule has 0 aliphatic rings. The molecule has 0 spiro atoms. The summed E-state index contributed by atoms with van der Waals surface area (Å²) in [4.78, 5) is 0. The molecule has 0 unspecified atom stereocenters. The molecule has 0 atom stereocenters. The topological polar surface area (TPSA) is 34.0 Å². The summed E-state index contributed by atoms with van der Waals surface area (Å²) in [7, 11) is 0. The number of rotatable bonds is 15. The van der Waals surface area contributed by atoms with Crippen molar-refractivity contribution in [3.8, 4) is 5.75 Å². The zero-order valence-electron chi connectivity index (χ0n) is 17.8. The van der Waals surface area contributed by atoms with Gasteiger partial charge in [0.05, 0.1) is 18.0 Å². The number of ether oxygens (including phenoxy) is 1. The molecule has 0 aromatic heterocycles. The average molecular weight is 459 g/mol. The number of unbranched alkanes of at least 4 members (excludes halogenated alkanes) is 7. The molecule has 0 aliphatic carbocycles. The molecule has 0 amide bonds. The SMILES string of the molecule is CCCCCCCCc1ccc(N=Nc2ccc(OCCCCCBr)cc2)cc1. The highest BCUT2D eigenvalue weighted by molar-refractivity contribution is 9.09. The third-order valence-electron chi connectivity index (χ3n) is 4.92. The minimum absolute atomic E-state index is 0.763. The van der Waals surface area contributed by atoms with Crippen LogP contribution in [0.3, 0.4) is 0 Å². The van der Waals surface area contributed by atoms with E-state index in [1.807, 2.05) is 24.3 Å². The van der Waals surface area contributed by atoms with E-state index in [1.54, 1.807) is 0 Å². The van der Waals surface area contributed by atoms with E-state index in [0.717, 1.165) is 41.9 Å². The molecule has 29 heavy (non-hydrogen) atoms. The van der Waals surface area contributed by atoms with Crippen LogP contribution in [0.1, 0.15) is 70.3 Å². The van der Waals surface area contributed by atoms with Crippen molar-refractivity contribution >= 4 is 27.3 Å². The summed E-state index contributed by atoms with van der Waals surface area (Å²) in [5.41, 5.74) is 3.12. The van der Waals surface area contributed by atoms with E-state index in [-0.39, 0.29) is 0 Å². The summed E-state index contributed by atoms with van der Waals surface area (Å²) >= 11 is 3.45. The van der Waals surface area contributed by atoms with Crippen LogP contribution in [0.5, 0.6) is 5.75 Å². The van der Waals surface area contributed by atoms with Crippen molar-refractivity contribution < 1.29 is 4.74 Å². The van der Waals surface area contributed by atoms with E-state index >= 15 is 0 Å². The normalized spacial score (nSPS) is 11.2. The lowest BCUT2D eigenvalue weighted by Gasteiger charge is -2.05. The first-order chi connectivity index (χ1) is 14.3. The van der Waals surface area contributed by atoms with Gasteiger partial charge in [-0.3, -0.25) is 0 Å². The Balaban J connectivity index is 1.70. The molecule has 0 saturated carbocycles. The smallest absolute Gasteiger partial charge is 0.119 e. The summed E-state index contributed by atoms with van der Waals surface area (Å²) in [5, 5.41) is 9.75. The van der Waals surface area contributed by atoms with Crippen molar-refractivity contribution in [2.75, 3.05) is 11.9 Å². The van der Waals surface area contributed by atoms with Crippen molar-refractivity contribution in [3.63, 3.8) is 0 Å². The molecule has 3 nitrogen and oxygen atoms in total. The Hall–Kier alpha value is -1.68. The fourth-order valence-electron chi connectivity index (χ4n) is 3.13. The number of hydrogen-bond acceptors (Lipinski definition) is 3. The Labute approximate surface area is 185 Å². The van der Waals surface area contributed by atoms with Crippen LogP contribution in [-0.2, 0) is 6.42 Å². The van der Waals surface area contributed by atoms with E-state index in [9.17, 15) is 0 Å². The number of halogens is 1. The highest BCUT2D eigenvalue weighted by Gasteiger charge is 1.98. The van der Waals surface area contributed by atoms with Gasteiger partial charge in [0.1, 0.15) is 5.75 Å². The lowest BCUT2D eigenvalue weighted by molar-refractivity contribution is 0.306. The molecule has 0 saturated heterocycles. The van der Waals surface area contributed by atoms with Crippen LogP contribution in [0.2, 0.25) is 0 Å². The van der Waals surface area contributed by atoms with Crippen molar-refractivity contribution in [2.45, 2.75) is 71.1 Å². The predicted molar refractivity (Wildman–Crippen MR) is 127 cm³/mol. The second-order valence-corrected chi connectivity index (χ2v) is 8.27. The molecule has 0 aliphatic heterocycles. The van der Waals surface area contributed by atoms with E-state index < -0.39 is 0 Å². The number of azo groups is 1. The van der Waals surface area contributed by atoms with E-state index in [0.29, 0.717) is 0 Å². The molecule has 2 aromatic carbocycles. The largest absolute Gasteiger partial charge is 0.494 e. The van der Waals surface area contributed by atoms with Gasteiger partial charge in [-0.05, 0) is 74.1 Å². The molecule has 2 aromatic rings. The number of alkyl halides is 1. The molecule has 0 bridgehead atoms. The zero-order chi connectivity index (χ0) is 20.6. The predicted octanol–water partition coefficient (Wildman–Crippen LogP) is 8.95. The summed E-state index contributed by atoms with van der Waals surface area (Å²) < 4.78 is 5.76. The Morgan fingerprint density at radius 3 is 1.93 bits per heavy atom. The number of nitrogens with zero attached hydrogens (tertiary/aromatic N) is 2. The summed E-state index contributed by atoms with van der Waals surface area (Å²) in [6, 6.07) is 16.3. The van der Waals surface area contributed by atoms with Crippen molar-refractivity contribution in [3.05, 3.63) is 54.1 Å². The zero-order valence-corrected chi connectivity index (χ0v) is 19.4. The third-order valence-corrected chi connectivity index (χ3v) is 5.48. The van der Waals surface area contributed by atoms with Crippen LogP contribution in [-0.4, -0.2) is 11.9 Å². The van der Waals surface area contributed by atoms with Gasteiger partial charge in [0, 0.05) is 5.33 Å². The number of aryl methyl sites for hydroxylation is 1. The van der Waals surface area contributed by atoms with Crippen LogP contribution >= 0.6 is 15.9 Å². The van der Waals surface area contributed by atoms with Gasteiger partial charge in [-0.25, -0.2) is 0 Å². The van der Waals surface area contributed by atoms with E-state index in [2.05, 4.69) is 57.3 Å². The maximum absolute atomic E-state index is 5.76. The molecule has 0 fully saturated rings. The minimum Gasteiger partial charge on any atom is -0.494 e. The van der Waals surface area contributed by atoms with Gasteiger partial charge < -0.3 is 4.74 Å². The molecule has 0 N–H and O–H groups in total. The number of hydrogen-bond donors (Lipinski definition) is 0. The second-order valence-electron chi connectivity index (χ2n) is 7.48. The van der Waals surface area contributed by atoms with Gasteiger partial charge in [-0.1, -0.05) is 67.1 Å². The first kappa shape index (κ1) is 23.6. The van der Waals surface area contributed by atoms with E-state index in [1.165, 1.54) is 56.9 Å². The van der Waals surface area contributed by atoms with Gasteiger partial charge in [0.15, 0.2) is 0 Å². The number of benzene rings is 2. The summed E-state index contributed by atoms with van der Waals surface area (Å²) in [6.45, 7) is 3.02. The summed E-state index contributed by atoms with van der Waals surface area (Å²) in [5.74, 6) is 0.891. The maximum Gasteiger partial charge on any atom is 0.119 e. The monoisotopic (exact) mass is 458 g/mol. The molecule has 158 valence electrons. The van der Waals surface area contributed by atoms with Crippen LogP contribution < -0.4 is 4.74 Å². The van der Waals surface area contributed by atoms with Crippen molar-refractivity contribution in [1.29, 1.82) is 0 Å². The lowest BCUT2D eigenvalue weighted by atomic mass is 10.0. The fraction of sp³-hybridized carbons (Fsp3) is 0.520. The van der Waals surface area contributed by atoms with Crippen molar-refractivity contribution in [2.24, 2.45) is 10.2 Å². The fourth-order valence-corrected chi connectivity index (χ4v) is 3.52. The molecule has 4 heteroatoms. The maximum atomic E-state index is 5.76. The van der Waals surface area contributed by atoms with Crippen LogP contribution in [0.25, 0.3) is 0 Å². The summed E-state index contributed by atoms with van der Waals surface area (Å²) in [6.07, 6.45) is 12.6. The molecule has 2 rings (SSSR count). The van der Waals surface area contributed by atoms with Gasteiger partial charge in [-0.2, -0.15) is 10.2 Å². The van der Waals surface area contributed by atoms with Crippen LogP contribution in [0.4, 0.5) is 11.4 Å². The van der Waals surface area contributed by atoms with Gasteiger partial charge in [0.25, 0.3) is 0 Å². The third kappa shape index (κ3) is 10.6. The van der Waals surface area contributed by atoms with E-state index in [4.69, 9.17) is 4.74 Å². The first-order valence-corrected chi connectivity index (χ1v) is 12.2. The van der Waals surface area contributed by atoms with Crippen LogP contribution in [0.15, 0.2) is 58.8 Å².